The molecule has 0 N–H and O–H groups in total. The lowest BCUT2D eigenvalue weighted by molar-refractivity contribution is -0.163. The first-order valence-corrected chi connectivity index (χ1v) is 9.78. The first-order chi connectivity index (χ1) is 9.20. The maximum Gasteiger partial charge on any atom is 0.337 e. The minimum atomic E-state index is -3.85. The Morgan fingerprint density at radius 1 is 1.05 bits per heavy atom. The van der Waals surface area contributed by atoms with E-state index in [4.69, 9.17) is 4.74 Å². The Morgan fingerprint density at radius 2 is 1.57 bits per heavy atom. The van der Waals surface area contributed by atoms with Gasteiger partial charge in [0.1, 0.15) is 5.60 Å². The third-order valence-corrected chi connectivity index (χ3v) is 3.05. The van der Waals surface area contributed by atoms with Crippen molar-refractivity contribution in [2.75, 3.05) is 19.1 Å². The average Bonchev–Trinajstić information content (AvgIpc) is 2.16. The van der Waals surface area contributed by atoms with Crippen LogP contribution in [0.25, 0.3) is 0 Å². The predicted molar refractivity (Wildman–Crippen MR) is 75.6 cm³/mol. The normalized spacial score (nSPS) is 14.7. The Balaban J connectivity index is 4.65. The minimum Gasteiger partial charge on any atom is -0.458 e. The molecule has 0 saturated carbocycles. The number of esters is 1. The van der Waals surface area contributed by atoms with Gasteiger partial charge in [0.15, 0.2) is 6.10 Å². The van der Waals surface area contributed by atoms with E-state index in [9.17, 15) is 21.6 Å². The van der Waals surface area contributed by atoms with Gasteiger partial charge in [-0.15, -0.1) is 0 Å². The quantitative estimate of drug-likeness (QED) is 0.353. The van der Waals surface area contributed by atoms with E-state index in [0.717, 1.165) is 12.5 Å². The van der Waals surface area contributed by atoms with Crippen LogP contribution in [-0.2, 0) is 38.1 Å². The van der Waals surface area contributed by atoms with Crippen LogP contribution in [0.15, 0.2) is 0 Å². The molecule has 126 valence electrons. The van der Waals surface area contributed by atoms with Crippen molar-refractivity contribution in [2.24, 2.45) is 0 Å². The maximum absolute atomic E-state index is 11.9. The molecule has 0 heterocycles. The lowest BCUT2D eigenvalue weighted by Crippen LogP contribution is -2.35. The highest BCUT2D eigenvalue weighted by Gasteiger charge is 2.28. The first kappa shape index (κ1) is 20.3. The van der Waals surface area contributed by atoms with Gasteiger partial charge < -0.3 is 4.74 Å². The summed E-state index contributed by atoms with van der Waals surface area (Å²) in [6.45, 7) is 4.73. The van der Waals surface area contributed by atoms with Crippen molar-refractivity contribution in [1.82, 2.24) is 0 Å². The fourth-order valence-corrected chi connectivity index (χ4v) is 2.28. The zero-order valence-corrected chi connectivity index (χ0v) is 14.4. The highest BCUT2D eigenvalue weighted by molar-refractivity contribution is 7.86. The van der Waals surface area contributed by atoms with Crippen LogP contribution >= 0.6 is 0 Å². The second kappa shape index (κ2) is 7.52. The summed E-state index contributed by atoms with van der Waals surface area (Å²) in [6, 6.07) is 0. The Labute approximate surface area is 126 Å². The van der Waals surface area contributed by atoms with E-state index in [1.807, 2.05) is 0 Å². The summed E-state index contributed by atoms with van der Waals surface area (Å²) in [5.74, 6) is -0.827. The Bertz CT molecular complexity index is 541. The van der Waals surface area contributed by atoms with E-state index in [-0.39, 0.29) is 19.4 Å². The molecule has 0 fully saturated rings. The molecule has 0 rings (SSSR count). The van der Waals surface area contributed by atoms with Gasteiger partial charge >= 0.3 is 5.97 Å². The van der Waals surface area contributed by atoms with Crippen LogP contribution in [0.3, 0.4) is 0 Å². The molecule has 21 heavy (non-hydrogen) atoms. The number of rotatable bonds is 8. The summed E-state index contributed by atoms with van der Waals surface area (Å²) in [7, 11) is -7.43. The van der Waals surface area contributed by atoms with Crippen LogP contribution < -0.4 is 0 Å². The van der Waals surface area contributed by atoms with Crippen LogP contribution in [0, 0.1) is 0 Å². The van der Waals surface area contributed by atoms with E-state index in [1.54, 1.807) is 20.8 Å². The van der Waals surface area contributed by atoms with Gasteiger partial charge in [0, 0.05) is 0 Å². The van der Waals surface area contributed by atoms with Gasteiger partial charge in [-0.3, -0.25) is 8.37 Å². The van der Waals surface area contributed by atoms with Crippen molar-refractivity contribution in [2.45, 2.75) is 45.3 Å². The largest absolute Gasteiger partial charge is 0.458 e. The molecule has 0 aliphatic rings. The lowest BCUT2D eigenvalue weighted by Gasteiger charge is -2.23. The minimum absolute atomic E-state index is 0.0441. The van der Waals surface area contributed by atoms with Gasteiger partial charge in [-0.2, -0.15) is 16.8 Å². The maximum atomic E-state index is 11.9. The van der Waals surface area contributed by atoms with E-state index in [0.29, 0.717) is 0 Å². The topological polar surface area (TPSA) is 113 Å². The Kier molecular flexibility index (Phi) is 7.27. The van der Waals surface area contributed by atoms with Crippen LogP contribution in [0.5, 0.6) is 0 Å². The molecule has 0 spiro atoms. The van der Waals surface area contributed by atoms with E-state index < -0.39 is 37.9 Å². The summed E-state index contributed by atoms with van der Waals surface area (Å²) in [5, 5.41) is 0. The van der Waals surface area contributed by atoms with Gasteiger partial charge in [-0.05, 0) is 33.6 Å². The molecule has 0 aromatic rings. The molecule has 8 nitrogen and oxygen atoms in total. The highest BCUT2D eigenvalue weighted by Crippen LogP contribution is 2.14. The van der Waals surface area contributed by atoms with E-state index in [1.165, 1.54) is 0 Å². The molecule has 0 unspecified atom stereocenters. The highest BCUT2D eigenvalue weighted by atomic mass is 32.2. The van der Waals surface area contributed by atoms with Gasteiger partial charge in [0.05, 0.1) is 19.1 Å². The molecule has 0 aliphatic carbocycles. The standard InChI is InChI=1S/C11H22O8S2/c1-11(2,3)18-10(12)9(19-21(5,15)16)7-6-8-17-20(4,13)14/h9H,6-8H2,1-5H3/t9-/m1/s1. The van der Waals surface area contributed by atoms with E-state index in [2.05, 4.69) is 8.37 Å². The van der Waals surface area contributed by atoms with Crippen molar-refractivity contribution >= 4 is 26.2 Å². The SMILES string of the molecule is CC(C)(C)OC(=O)[C@@H](CCCOS(C)(=O)=O)OS(C)(=O)=O. The molecule has 0 amide bonds. The molecular weight excluding hydrogens is 324 g/mol. The van der Waals surface area contributed by atoms with Crippen molar-refractivity contribution in [3.05, 3.63) is 0 Å². The van der Waals surface area contributed by atoms with Crippen molar-refractivity contribution in [1.29, 1.82) is 0 Å². The van der Waals surface area contributed by atoms with Crippen molar-refractivity contribution in [3.63, 3.8) is 0 Å². The zero-order valence-electron chi connectivity index (χ0n) is 12.8. The summed E-state index contributed by atoms with van der Waals surface area (Å²) >= 11 is 0. The van der Waals surface area contributed by atoms with Crippen LogP contribution in [-0.4, -0.2) is 53.6 Å². The summed E-state index contributed by atoms with van der Waals surface area (Å²) in [5.41, 5.74) is -0.792. The molecule has 0 aliphatic heterocycles. The lowest BCUT2D eigenvalue weighted by atomic mass is 10.1. The molecule has 0 saturated heterocycles. The van der Waals surface area contributed by atoms with Crippen molar-refractivity contribution < 1.29 is 34.7 Å². The molecule has 0 radical (unpaired) electrons. The van der Waals surface area contributed by atoms with Gasteiger partial charge in [0.2, 0.25) is 0 Å². The molecule has 0 aromatic heterocycles. The van der Waals surface area contributed by atoms with Crippen LogP contribution in [0.2, 0.25) is 0 Å². The van der Waals surface area contributed by atoms with Gasteiger partial charge in [-0.25, -0.2) is 4.79 Å². The first-order valence-electron chi connectivity index (χ1n) is 6.15. The van der Waals surface area contributed by atoms with E-state index >= 15 is 0 Å². The number of ether oxygens (including phenoxy) is 1. The fourth-order valence-electron chi connectivity index (χ4n) is 1.26. The Morgan fingerprint density at radius 3 is 1.95 bits per heavy atom. The third-order valence-electron chi connectivity index (χ3n) is 1.87. The molecule has 10 heteroatoms. The summed E-state index contributed by atoms with van der Waals surface area (Å²) < 4.78 is 58.1. The second-order valence-electron chi connectivity index (χ2n) is 5.49. The van der Waals surface area contributed by atoms with Crippen molar-refractivity contribution in [3.8, 4) is 0 Å². The predicted octanol–water partition coefficient (Wildman–Crippen LogP) is 0.429. The smallest absolute Gasteiger partial charge is 0.337 e. The third kappa shape index (κ3) is 12.7. The number of carbonyl (C=O) groups is 1. The molecule has 0 aromatic carbocycles. The number of hydrogen-bond acceptors (Lipinski definition) is 8. The number of hydrogen-bond donors (Lipinski definition) is 0. The summed E-state index contributed by atoms with van der Waals surface area (Å²) in [4.78, 5) is 11.9. The molecule has 0 bridgehead atoms. The van der Waals surface area contributed by atoms with Crippen LogP contribution in [0.1, 0.15) is 33.6 Å². The van der Waals surface area contributed by atoms with Gasteiger partial charge in [0.25, 0.3) is 20.2 Å². The molecular formula is C11H22O8S2. The monoisotopic (exact) mass is 346 g/mol. The fraction of sp³-hybridized carbons (Fsp3) is 0.909. The van der Waals surface area contributed by atoms with Gasteiger partial charge in [-0.1, -0.05) is 0 Å². The zero-order chi connectivity index (χ0) is 16.9. The Hall–Kier alpha value is -0.710. The summed E-state index contributed by atoms with van der Waals surface area (Å²) in [6.07, 6.45) is 0.453. The average molecular weight is 346 g/mol. The second-order valence-corrected chi connectivity index (χ2v) is 8.74. The van der Waals surface area contributed by atoms with Crippen LogP contribution in [0.4, 0.5) is 0 Å². The number of carbonyl (C=O) groups excluding carboxylic acids is 1. The molecule has 1 atom stereocenters.